The summed E-state index contributed by atoms with van der Waals surface area (Å²) in [5, 5.41) is 9.62. The third kappa shape index (κ3) is 3.02. The fraction of sp³-hybridized carbons (Fsp3) is 0.700. The zero-order valence-electron chi connectivity index (χ0n) is 8.02. The lowest BCUT2D eigenvalue weighted by atomic mass is 9.83. The average Bonchev–Trinajstić information content (AvgIpc) is 2.03. The largest absolute Gasteiger partial charge is 0.297 e. The predicted octanol–water partition coefficient (Wildman–Crippen LogP) is 2.36. The van der Waals surface area contributed by atoms with Crippen LogP contribution in [0.5, 0.6) is 0 Å². The molecule has 1 aliphatic heterocycles. The molecule has 13 heavy (non-hydrogen) atoms. The van der Waals surface area contributed by atoms with Gasteiger partial charge in [0.05, 0.1) is 11.5 Å². The molecule has 1 aliphatic rings. The minimum Gasteiger partial charge on any atom is -0.297 e. The first-order chi connectivity index (χ1) is 6.06. The maximum absolute atomic E-state index is 8.97. The van der Waals surface area contributed by atoms with Crippen LogP contribution in [0.2, 0.25) is 0 Å². The van der Waals surface area contributed by atoms with Crippen LogP contribution < -0.4 is 0 Å². The van der Waals surface area contributed by atoms with Crippen LogP contribution in [0.25, 0.3) is 0 Å². The van der Waals surface area contributed by atoms with Gasteiger partial charge in [-0.15, -0.1) is 0 Å². The van der Waals surface area contributed by atoms with E-state index in [-0.39, 0.29) is 5.41 Å². The predicted molar refractivity (Wildman–Crippen MR) is 54.4 cm³/mol. The van der Waals surface area contributed by atoms with Gasteiger partial charge in [-0.1, -0.05) is 18.2 Å². The first-order valence-electron chi connectivity index (χ1n) is 4.53. The quantitative estimate of drug-likeness (QED) is 0.681. The van der Waals surface area contributed by atoms with Gasteiger partial charge in [0.25, 0.3) is 0 Å². The van der Waals surface area contributed by atoms with Crippen LogP contribution in [-0.2, 0) is 0 Å². The van der Waals surface area contributed by atoms with Crippen molar-refractivity contribution in [3.05, 3.63) is 11.6 Å². The van der Waals surface area contributed by atoms with E-state index in [1.54, 1.807) is 0 Å². The SMILES string of the molecule is C=C(Cl)CN1CCCC(C)(C#N)C1. The minimum absolute atomic E-state index is 0.190. The molecule has 0 saturated carbocycles. The summed E-state index contributed by atoms with van der Waals surface area (Å²) >= 11 is 5.73. The number of rotatable bonds is 2. The Balaban J connectivity index is 2.52. The Hall–Kier alpha value is -0.520. The second kappa shape index (κ2) is 4.13. The van der Waals surface area contributed by atoms with Crippen molar-refractivity contribution in [1.82, 2.24) is 4.90 Å². The summed E-state index contributed by atoms with van der Waals surface area (Å²) < 4.78 is 0. The van der Waals surface area contributed by atoms with E-state index in [0.29, 0.717) is 11.6 Å². The van der Waals surface area contributed by atoms with Crippen molar-refractivity contribution < 1.29 is 0 Å². The van der Waals surface area contributed by atoms with Gasteiger partial charge in [0.15, 0.2) is 0 Å². The monoisotopic (exact) mass is 198 g/mol. The lowest BCUT2D eigenvalue weighted by molar-refractivity contribution is 0.156. The molecule has 1 saturated heterocycles. The van der Waals surface area contributed by atoms with Gasteiger partial charge in [0, 0.05) is 18.1 Å². The standard InChI is InChI=1S/C10H15ClN2/c1-9(11)6-13-5-3-4-10(2,7-12)8-13/h1,3-6,8H2,2H3. The molecule has 0 aromatic carbocycles. The van der Waals surface area contributed by atoms with Crippen molar-refractivity contribution in [2.45, 2.75) is 19.8 Å². The van der Waals surface area contributed by atoms with Crippen LogP contribution in [0, 0.1) is 16.7 Å². The average molecular weight is 199 g/mol. The molecule has 1 atom stereocenters. The Kier molecular flexibility index (Phi) is 3.35. The highest BCUT2D eigenvalue weighted by atomic mass is 35.5. The summed E-state index contributed by atoms with van der Waals surface area (Å²) in [7, 11) is 0. The van der Waals surface area contributed by atoms with Crippen molar-refractivity contribution in [2.75, 3.05) is 19.6 Å². The third-order valence-corrected chi connectivity index (χ3v) is 2.56. The summed E-state index contributed by atoms with van der Waals surface area (Å²) in [6, 6.07) is 2.37. The lowest BCUT2D eigenvalue weighted by Crippen LogP contribution is -2.41. The van der Waals surface area contributed by atoms with Gasteiger partial charge in [-0.25, -0.2) is 0 Å². The molecule has 0 bridgehead atoms. The zero-order chi connectivity index (χ0) is 9.90. The molecule has 1 rings (SSSR count). The second-order valence-corrected chi connectivity index (χ2v) is 4.54. The highest BCUT2D eigenvalue weighted by Crippen LogP contribution is 2.28. The number of piperidine rings is 1. The molecular weight excluding hydrogens is 184 g/mol. The van der Waals surface area contributed by atoms with Gasteiger partial charge in [-0.2, -0.15) is 5.26 Å². The van der Waals surface area contributed by atoms with E-state index in [1.165, 1.54) is 0 Å². The number of nitriles is 1. The molecule has 0 aromatic heterocycles. The molecule has 1 fully saturated rings. The third-order valence-electron chi connectivity index (χ3n) is 2.44. The van der Waals surface area contributed by atoms with Gasteiger partial charge in [0.1, 0.15) is 0 Å². The van der Waals surface area contributed by atoms with Crippen molar-refractivity contribution >= 4 is 11.6 Å². The van der Waals surface area contributed by atoms with Gasteiger partial charge < -0.3 is 0 Å². The summed E-state index contributed by atoms with van der Waals surface area (Å²) in [4.78, 5) is 2.20. The van der Waals surface area contributed by atoms with Gasteiger partial charge >= 0.3 is 0 Å². The maximum atomic E-state index is 8.97. The molecule has 0 aromatic rings. The number of nitrogens with zero attached hydrogens (tertiary/aromatic N) is 2. The van der Waals surface area contributed by atoms with Crippen molar-refractivity contribution in [2.24, 2.45) is 5.41 Å². The first kappa shape index (κ1) is 10.6. The van der Waals surface area contributed by atoms with Crippen molar-refractivity contribution in [3.8, 4) is 6.07 Å². The van der Waals surface area contributed by atoms with Crippen LogP contribution in [0.15, 0.2) is 11.6 Å². The van der Waals surface area contributed by atoms with Gasteiger partial charge in [-0.05, 0) is 26.3 Å². The molecule has 0 amide bonds. The van der Waals surface area contributed by atoms with Crippen LogP contribution in [0.3, 0.4) is 0 Å². The topological polar surface area (TPSA) is 27.0 Å². The Morgan fingerprint density at radius 3 is 3.00 bits per heavy atom. The summed E-state index contributed by atoms with van der Waals surface area (Å²) in [5.41, 5.74) is -0.190. The van der Waals surface area contributed by atoms with Crippen LogP contribution in [0.4, 0.5) is 0 Å². The number of likely N-dealkylation sites (tertiary alicyclic amines) is 1. The highest BCUT2D eigenvalue weighted by Gasteiger charge is 2.30. The van der Waals surface area contributed by atoms with Gasteiger partial charge in [0.2, 0.25) is 0 Å². The van der Waals surface area contributed by atoms with E-state index >= 15 is 0 Å². The fourth-order valence-corrected chi connectivity index (χ4v) is 1.98. The molecule has 1 unspecified atom stereocenters. The van der Waals surface area contributed by atoms with Crippen molar-refractivity contribution in [3.63, 3.8) is 0 Å². The molecular formula is C10H15ClN2. The van der Waals surface area contributed by atoms with E-state index in [4.69, 9.17) is 16.9 Å². The lowest BCUT2D eigenvalue weighted by Gasteiger charge is -2.35. The van der Waals surface area contributed by atoms with E-state index in [9.17, 15) is 0 Å². The van der Waals surface area contributed by atoms with Crippen LogP contribution in [0.1, 0.15) is 19.8 Å². The Bertz CT molecular complexity index is 244. The molecule has 1 heterocycles. The molecule has 72 valence electrons. The minimum atomic E-state index is -0.190. The van der Waals surface area contributed by atoms with E-state index in [1.807, 2.05) is 6.92 Å². The molecule has 2 nitrogen and oxygen atoms in total. The van der Waals surface area contributed by atoms with Crippen LogP contribution in [-0.4, -0.2) is 24.5 Å². The fourth-order valence-electron chi connectivity index (χ4n) is 1.81. The number of halogens is 1. The zero-order valence-corrected chi connectivity index (χ0v) is 8.77. The van der Waals surface area contributed by atoms with E-state index in [2.05, 4.69) is 17.5 Å². The summed E-state index contributed by atoms with van der Waals surface area (Å²) in [5.74, 6) is 0. The maximum Gasteiger partial charge on any atom is 0.0700 e. The Morgan fingerprint density at radius 1 is 1.77 bits per heavy atom. The Morgan fingerprint density at radius 2 is 2.46 bits per heavy atom. The number of hydrogen-bond donors (Lipinski definition) is 0. The molecule has 3 heteroatoms. The summed E-state index contributed by atoms with van der Waals surface area (Å²) in [6.45, 7) is 8.23. The number of hydrogen-bond acceptors (Lipinski definition) is 2. The molecule has 0 spiro atoms. The Labute approximate surface area is 84.8 Å². The van der Waals surface area contributed by atoms with Crippen molar-refractivity contribution in [1.29, 1.82) is 5.26 Å². The smallest absolute Gasteiger partial charge is 0.0700 e. The highest BCUT2D eigenvalue weighted by molar-refractivity contribution is 6.29. The molecule has 0 aliphatic carbocycles. The van der Waals surface area contributed by atoms with E-state index < -0.39 is 0 Å². The van der Waals surface area contributed by atoms with Gasteiger partial charge in [-0.3, -0.25) is 4.90 Å². The molecule has 0 radical (unpaired) electrons. The normalized spacial score (nSPS) is 29.6. The second-order valence-electron chi connectivity index (χ2n) is 4.00. The summed E-state index contributed by atoms with van der Waals surface area (Å²) in [6.07, 6.45) is 2.07. The first-order valence-corrected chi connectivity index (χ1v) is 4.90. The van der Waals surface area contributed by atoms with Crippen LogP contribution >= 0.6 is 11.6 Å². The molecule has 0 N–H and O–H groups in total. The van der Waals surface area contributed by atoms with E-state index in [0.717, 1.165) is 25.9 Å².